The van der Waals surface area contributed by atoms with Crippen molar-refractivity contribution in [2.75, 3.05) is 6.54 Å². The van der Waals surface area contributed by atoms with Gasteiger partial charge in [0.2, 0.25) is 5.91 Å². The number of aryl methyl sites for hydroxylation is 1. The second-order valence-electron chi connectivity index (χ2n) is 11.8. The fraction of sp³-hybridized carbons (Fsp3) is 0.216. The number of nitrogens with one attached hydrogen (secondary N) is 2. The van der Waals surface area contributed by atoms with Crippen LogP contribution in [0.15, 0.2) is 110 Å². The highest BCUT2D eigenvalue weighted by Crippen LogP contribution is 2.51. The quantitative estimate of drug-likeness (QED) is 0.143. The molecule has 6 nitrogen and oxygen atoms in total. The Balaban J connectivity index is 0.00000486. The third kappa shape index (κ3) is 7.40. The van der Waals surface area contributed by atoms with Crippen molar-refractivity contribution < 1.29 is 35.9 Å². The molecule has 0 fully saturated rings. The second-order valence-corrected chi connectivity index (χ2v) is 11.8. The van der Waals surface area contributed by atoms with E-state index in [0.29, 0.717) is 40.9 Å². The molecule has 0 aliphatic heterocycles. The molecule has 13 heteroatoms. The van der Waals surface area contributed by atoms with Crippen LogP contribution in [-0.2, 0) is 29.5 Å². The number of carbonyl (C=O) groups is 2. The molecule has 0 saturated heterocycles. The Morgan fingerprint density at radius 3 is 1.92 bits per heavy atom. The number of alkyl halides is 6. The SMILES string of the molecule is Cl.O=C(NCc1cn(CCCC2(C(=O)NCC(F)(F)F)c3ccccc3-c3ccccc32)cn1)c1ccccc1-c1ccc(C(F)(F)F)cc1. The van der Waals surface area contributed by atoms with Crippen LogP contribution in [-0.4, -0.2) is 34.1 Å². The molecule has 0 atom stereocenters. The third-order valence-electron chi connectivity index (χ3n) is 8.68. The van der Waals surface area contributed by atoms with Gasteiger partial charge in [-0.3, -0.25) is 9.59 Å². The monoisotopic (exact) mass is 712 g/mol. The van der Waals surface area contributed by atoms with Crippen LogP contribution >= 0.6 is 12.4 Å². The Morgan fingerprint density at radius 1 is 0.740 bits per heavy atom. The summed E-state index contributed by atoms with van der Waals surface area (Å²) < 4.78 is 80.4. The topological polar surface area (TPSA) is 76.0 Å². The molecule has 4 aromatic carbocycles. The summed E-state index contributed by atoms with van der Waals surface area (Å²) >= 11 is 0. The van der Waals surface area contributed by atoms with Crippen molar-refractivity contribution in [2.45, 2.75) is 43.7 Å². The Hall–Kier alpha value is -5.10. The van der Waals surface area contributed by atoms with Gasteiger partial charge in [-0.1, -0.05) is 78.9 Å². The highest BCUT2D eigenvalue weighted by atomic mass is 35.5. The molecule has 1 heterocycles. The normalized spacial score (nSPS) is 13.2. The summed E-state index contributed by atoms with van der Waals surface area (Å²) in [7, 11) is 0. The van der Waals surface area contributed by atoms with Crippen molar-refractivity contribution in [3.63, 3.8) is 0 Å². The Kier molecular flexibility index (Phi) is 10.4. The summed E-state index contributed by atoms with van der Waals surface area (Å²) in [6.45, 7) is -0.975. The molecule has 2 amide bonds. The number of imidazole rings is 1. The number of carbonyl (C=O) groups excluding carboxylic acids is 2. The summed E-state index contributed by atoms with van der Waals surface area (Å²) in [6.07, 6.45) is -5.08. The number of hydrogen-bond acceptors (Lipinski definition) is 3. The predicted octanol–water partition coefficient (Wildman–Crippen LogP) is 8.35. The maximum Gasteiger partial charge on any atom is 0.416 e. The predicted molar refractivity (Wildman–Crippen MR) is 178 cm³/mol. The fourth-order valence-electron chi connectivity index (χ4n) is 6.47. The van der Waals surface area contributed by atoms with Crippen molar-refractivity contribution >= 4 is 24.2 Å². The van der Waals surface area contributed by atoms with Gasteiger partial charge in [0, 0.05) is 18.3 Å². The third-order valence-corrected chi connectivity index (χ3v) is 8.68. The van der Waals surface area contributed by atoms with Gasteiger partial charge in [-0.25, -0.2) is 4.98 Å². The standard InChI is InChI=1S/C37H30F6N4O2.ClH/c38-36(39,40)22-45-34(49)35(31-12-5-3-9-28(31)29-10-4-6-13-32(29)35)18-7-19-47-21-26(46-23-47)20-44-33(48)30-11-2-1-8-27(30)24-14-16-25(17-15-24)37(41,42)43;/h1-6,8-17,21,23H,7,18-20,22H2,(H,44,48)(H,45,49);1H. The number of amides is 2. The van der Waals surface area contributed by atoms with Gasteiger partial charge in [0.15, 0.2) is 0 Å². The highest BCUT2D eigenvalue weighted by molar-refractivity contribution is 6.01. The number of aromatic nitrogens is 2. The van der Waals surface area contributed by atoms with E-state index in [9.17, 15) is 35.9 Å². The van der Waals surface area contributed by atoms with E-state index in [4.69, 9.17) is 0 Å². The molecule has 0 radical (unpaired) electrons. The first-order valence-corrected chi connectivity index (χ1v) is 15.5. The zero-order chi connectivity index (χ0) is 34.8. The Morgan fingerprint density at radius 2 is 1.32 bits per heavy atom. The van der Waals surface area contributed by atoms with Crippen molar-refractivity contribution in [1.29, 1.82) is 0 Å². The molecular formula is C37H31ClF6N4O2. The van der Waals surface area contributed by atoms with E-state index in [2.05, 4.69) is 15.6 Å². The minimum absolute atomic E-state index is 0. The lowest BCUT2D eigenvalue weighted by atomic mass is 9.73. The molecule has 260 valence electrons. The van der Waals surface area contributed by atoms with Gasteiger partial charge >= 0.3 is 12.4 Å². The van der Waals surface area contributed by atoms with Crippen LogP contribution in [0, 0.1) is 0 Å². The van der Waals surface area contributed by atoms with Gasteiger partial charge in [0.25, 0.3) is 5.91 Å². The Bertz CT molecular complexity index is 1940. The van der Waals surface area contributed by atoms with Crippen LogP contribution < -0.4 is 10.6 Å². The van der Waals surface area contributed by atoms with Crippen molar-refractivity contribution in [3.05, 3.63) is 138 Å². The lowest BCUT2D eigenvalue weighted by molar-refractivity contribution is -0.141. The van der Waals surface area contributed by atoms with Gasteiger partial charge < -0.3 is 15.2 Å². The van der Waals surface area contributed by atoms with E-state index in [0.717, 1.165) is 23.3 Å². The molecule has 1 aromatic heterocycles. The first-order valence-electron chi connectivity index (χ1n) is 15.5. The first kappa shape index (κ1) is 36.2. The average molecular weight is 713 g/mol. The minimum atomic E-state index is -4.57. The van der Waals surface area contributed by atoms with Gasteiger partial charge in [0.05, 0.1) is 24.1 Å². The average Bonchev–Trinajstić information content (AvgIpc) is 3.66. The van der Waals surface area contributed by atoms with Crippen molar-refractivity contribution in [2.24, 2.45) is 0 Å². The number of rotatable bonds is 10. The number of halogens is 7. The molecule has 5 aromatic rings. The van der Waals surface area contributed by atoms with Crippen LogP contribution in [0.5, 0.6) is 0 Å². The zero-order valence-corrected chi connectivity index (χ0v) is 27.1. The van der Waals surface area contributed by atoms with Gasteiger partial charge in [-0.2, -0.15) is 26.3 Å². The first-order chi connectivity index (χ1) is 23.4. The lowest BCUT2D eigenvalue weighted by Gasteiger charge is -2.31. The summed E-state index contributed by atoms with van der Waals surface area (Å²) in [6, 6.07) is 25.7. The number of fused-ring (bicyclic) bond motifs is 3. The number of nitrogens with zero attached hydrogens (tertiary/aromatic N) is 2. The lowest BCUT2D eigenvalue weighted by Crippen LogP contribution is -2.47. The molecule has 50 heavy (non-hydrogen) atoms. The molecular weight excluding hydrogens is 682 g/mol. The summed E-state index contributed by atoms with van der Waals surface area (Å²) in [5, 5.41) is 4.94. The largest absolute Gasteiger partial charge is 0.416 e. The minimum Gasteiger partial charge on any atom is -0.346 e. The van der Waals surface area contributed by atoms with Gasteiger partial charge in [-0.15, -0.1) is 12.4 Å². The smallest absolute Gasteiger partial charge is 0.346 e. The molecule has 2 N–H and O–H groups in total. The molecule has 0 unspecified atom stereocenters. The van der Waals surface area contributed by atoms with Crippen LogP contribution in [0.3, 0.4) is 0 Å². The van der Waals surface area contributed by atoms with E-state index in [1.807, 2.05) is 24.3 Å². The van der Waals surface area contributed by atoms with E-state index >= 15 is 0 Å². The van der Waals surface area contributed by atoms with Crippen LogP contribution in [0.2, 0.25) is 0 Å². The summed E-state index contributed by atoms with van der Waals surface area (Å²) in [5.41, 5.74) is 2.57. The zero-order valence-electron chi connectivity index (χ0n) is 26.3. The van der Waals surface area contributed by atoms with E-state index in [1.165, 1.54) is 12.1 Å². The van der Waals surface area contributed by atoms with Gasteiger partial charge in [0.1, 0.15) is 12.0 Å². The molecule has 0 bridgehead atoms. The van der Waals surface area contributed by atoms with Crippen LogP contribution in [0.4, 0.5) is 26.3 Å². The highest BCUT2D eigenvalue weighted by Gasteiger charge is 2.49. The number of benzene rings is 4. The summed E-state index contributed by atoms with van der Waals surface area (Å²) in [5.74, 6) is -1.15. The van der Waals surface area contributed by atoms with Crippen molar-refractivity contribution in [3.8, 4) is 22.3 Å². The number of hydrogen-bond donors (Lipinski definition) is 2. The van der Waals surface area contributed by atoms with Crippen LogP contribution in [0.1, 0.15) is 45.6 Å². The Labute approximate surface area is 290 Å². The molecule has 0 spiro atoms. The van der Waals surface area contributed by atoms with E-state index in [1.54, 1.807) is 65.6 Å². The maximum absolute atomic E-state index is 13.7. The van der Waals surface area contributed by atoms with Gasteiger partial charge in [-0.05, 0) is 64.4 Å². The summed E-state index contributed by atoms with van der Waals surface area (Å²) in [4.78, 5) is 31.2. The van der Waals surface area contributed by atoms with Crippen LogP contribution in [0.25, 0.3) is 22.3 Å². The van der Waals surface area contributed by atoms with E-state index in [-0.39, 0.29) is 30.9 Å². The molecule has 0 saturated carbocycles. The second kappa shape index (κ2) is 14.4. The molecule has 6 rings (SSSR count). The van der Waals surface area contributed by atoms with E-state index < -0.39 is 41.7 Å². The fourth-order valence-corrected chi connectivity index (χ4v) is 6.47. The maximum atomic E-state index is 13.7. The molecule has 1 aliphatic carbocycles. The van der Waals surface area contributed by atoms with Crippen molar-refractivity contribution in [1.82, 2.24) is 20.2 Å². The molecule has 1 aliphatic rings.